The highest BCUT2D eigenvalue weighted by Crippen LogP contribution is 2.48. The van der Waals surface area contributed by atoms with Gasteiger partial charge >= 0.3 is 0 Å². The van der Waals surface area contributed by atoms with Gasteiger partial charge in [0.2, 0.25) is 5.91 Å². The fourth-order valence-electron chi connectivity index (χ4n) is 12.6. The molecule has 5 aliphatic carbocycles. The number of hydrogen-bond donors (Lipinski definition) is 2. The van der Waals surface area contributed by atoms with E-state index in [-0.39, 0.29) is 23.9 Å². The van der Waals surface area contributed by atoms with Gasteiger partial charge in [-0.05, 0) is 86.4 Å². The first-order valence-electron chi connectivity index (χ1n) is 21.6. The maximum absolute atomic E-state index is 14.1. The number of hydrogen-bond acceptors (Lipinski definition) is 9. The van der Waals surface area contributed by atoms with Crippen LogP contribution in [0.5, 0.6) is 0 Å². The zero-order valence-corrected chi connectivity index (χ0v) is 33.7. The first-order chi connectivity index (χ1) is 26.4. The molecule has 0 aromatic heterocycles. The molecule has 0 spiro atoms. The van der Waals surface area contributed by atoms with Crippen LogP contribution in [0.15, 0.2) is 52.0 Å². The number of carbonyl (C=O) groups is 1. The fraction of sp³-hybridized carbons (Fsp3) is 0.773. The number of nitrogens with zero attached hydrogens (tertiary/aromatic N) is 3. The van der Waals surface area contributed by atoms with Gasteiger partial charge < -0.3 is 34.1 Å². The summed E-state index contributed by atoms with van der Waals surface area (Å²) in [7, 11) is 3.52. The van der Waals surface area contributed by atoms with Crippen LogP contribution in [-0.2, 0) is 23.7 Å². The number of fused-ring (bicyclic) bond motifs is 8. The largest absolute Gasteiger partial charge is 0.498 e. The van der Waals surface area contributed by atoms with Crippen molar-refractivity contribution in [3.63, 3.8) is 0 Å². The molecule has 1 amide bonds. The molecule has 0 radical (unpaired) electrons. The molecule has 0 aromatic rings. The summed E-state index contributed by atoms with van der Waals surface area (Å²) in [4.78, 5) is 24.3. The van der Waals surface area contributed by atoms with Gasteiger partial charge in [0.25, 0.3) is 0 Å². The molecule has 12 atom stereocenters. The Labute approximate surface area is 328 Å². The summed E-state index contributed by atoms with van der Waals surface area (Å²) >= 11 is 4.74. The molecule has 9 aliphatic rings. The van der Waals surface area contributed by atoms with Crippen molar-refractivity contribution in [1.82, 2.24) is 15.1 Å². The summed E-state index contributed by atoms with van der Waals surface area (Å²) < 4.78 is 25.4. The van der Waals surface area contributed by atoms with Crippen molar-refractivity contribution in [3.05, 3.63) is 47.0 Å². The SMILES string of the molecule is C=C1[C@@H]2CC(OC)=C(OCC3=C[C@@H](CS)CC(COC4=C(OC)CC5C(=O)N6C7CCCC[C@@H]7C[C@H]6CNC5C4)C3)CC2N=C[C@@H]2CC3CCCC[C@@H]3N12. The molecule has 0 bridgehead atoms. The smallest absolute Gasteiger partial charge is 0.228 e. The lowest BCUT2D eigenvalue weighted by Gasteiger charge is -2.40. The molecule has 3 saturated heterocycles. The van der Waals surface area contributed by atoms with Crippen LogP contribution >= 0.6 is 12.6 Å². The van der Waals surface area contributed by atoms with Crippen molar-refractivity contribution in [3.8, 4) is 0 Å². The van der Waals surface area contributed by atoms with Crippen LogP contribution in [0, 0.1) is 35.5 Å². The van der Waals surface area contributed by atoms with Gasteiger partial charge in [0.05, 0.1) is 38.8 Å². The minimum absolute atomic E-state index is 0.0857. The zero-order valence-electron chi connectivity index (χ0n) is 32.8. The molecule has 4 aliphatic heterocycles. The average Bonchev–Trinajstić information content (AvgIpc) is 3.70. The van der Waals surface area contributed by atoms with Crippen LogP contribution in [-0.4, -0.2) is 97.9 Å². The van der Waals surface area contributed by atoms with Crippen LogP contribution < -0.4 is 5.32 Å². The summed E-state index contributed by atoms with van der Waals surface area (Å²) in [6.45, 7) is 6.77. The summed E-state index contributed by atoms with van der Waals surface area (Å²) in [6, 6.07) is 2.00. The molecule has 10 heteroatoms. The van der Waals surface area contributed by atoms with Crippen LogP contribution in [0.4, 0.5) is 0 Å². The van der Waals surface area contributed by atoms with Crippen LogP contribution in [0.2, 0.25) is 0 Å². The van der Waals surface area contributed by atoms with Gasteiger partial charge in [0, 0.05) is 74.2 Å². The molecule has 0 aromatic carbocycles. The second-order valence-corrected chi connectivity index (χ2v) is 18.6. The van der Waals surface area contributed by atoms with E-state index in [0.29, 0.717) is 73.9 Å². The van der Waals surface area contributed by atoms with E-state index in [4.69, 9.17) is 43.1 Å². The third-order valence-corrected chi connectivity index (χ3v) is 15.7. The summed E-state index contributed by atoms with van der Waals surface area (Å²) in [5.74, 6) is 7.16. The Hall–Kier alpha value is -2.59. The minimum atomic E-state index is -0.0857. The van der Waals surface area contributed by atoms with Gasteiger partial charge in [-0.15, -0.1) is 0 Å². The highest BCUT2D eigenvalue weighted by molar-refractivity contribution is 7.80. The molecule has 9 rings (SSSR count). The number of nitrogens with one attached hydrogen (secondary N) is 1. The Morgan fingerprint density at radius 3 is 2.30 bits per heavy atom. The van der Waals surface area contributed by atoms with Gasteiger partial charge in [-0.1, -0.05) is 38.3 Å². The van der Waals surface area contributed by atoms with Gasteiger partial charge in [-0.25, -0.2) is 0 Å². The van der Waals surface area contributed by atoms with Crippen LogP contribution in [0.3, 0.4) is 0 Å². The Balaban J connectivity index is 0.828. The maximum atomic E-state index is 14.1. The molecule has 2 saturated carbocycles. The summed E-state index contributed by atoms with van der Waals surface area (Å²) in [5.41, 5.74) is 2.57. The van der Waals surface area contributed by atoms with Gasteiger partial charge in [-0.3, -0.25) is 9.79 Å². The molecule has 5 fully saturated rings. The van der Waals surface area contributed by atoms with E-state index < -0.39 is 0 Å². The van der Waals surface area contributed by atoms with Crippen molar-refractivity contribution in [2.75, 3.05) is 39.7 Å². The number of thiol groups is 1. The fourth-order valence-corrected chi connectivity index (χ4v) is 12.8. The number of allylic oxidation sites excluding steroid dienone is 3. The molecular weight excluding hydrogens is 697 g/mol. The Morgan fingerprint density at radius 2 is 1.54 bits per heavy atom. The van der Waals surface area contributed by atoms with E-state index in [2.05, 4.69) is 27.4 Å². The van der Waals surface area contributed by atoms with E-state index >= 15 is 0 Å². The van der Waals surface area contributed by atoms with Crippen molar-refractivity contribution in [2.24, 2.45) is 40.5 Å². The van der Waals surface area contributed by atoms with Gasteiger partial charge in [0.1, 0.15) is 29.6 Å². The second-order valence-electron chi connectivity index (χ2n) is 18.2. The number of rotatable bonds is 9. The number of methoxy groups -OCH3 is 2. The Kier molecular flexibility index (Phi) is 10.8. The molecule has 9 nitrogen and oxygen atoms in total. The Morgan fingerprint density at radius 1 is 0.833 bits per heavy atom. The summed E-state index contributed by atoms with van der Waals surface area (Å²) in [6.07, 6.45) is 22.2. The van der Waals surface area contributed by atoms with Crippen LogP contribution in [0.1, 0.15) is 103 Å². The quantitative estimate of drug-likeness (QED) is 0.191. The number of ether oxygens (including phenoxy) is 4. The molecule has 6 unspecified atom stereocenters. The van der Waals surface area contributed by atoms with E-state index in [9.17, 15) is 4.79 Å². The van der Waals surface area contributed by atoms with Crippen molar-refractivity contribution >= 4 is 24.8 Å². The predicted molar refractivity (Wildman–Crippen MR) is 214 cm³/mol. The van der Waals surface area contributed by atoms with E-state index in [1.165, 1.54) is 69.1 Å². The molecule has 296 valence electrons. The number of aliphatic imine (C=N–C) groups is 1. The van der Waals surface area contributed by atoms with Crippen LogP contribution in [0.25, 0.3) is 0 Å². The first kappa shape index (κ1) is 37.0. The standard InChI is InChI=1S/C44H64N4O5S/c1-26-34-17-40(50-2)42(19-36(34)45-21-32-15-30-8-4-6-10-38(30)47(26)32)52-23-27-12-28(14-29(13-27)25-54)24-53-43-20-37-35(18-41(43)51-3)44(49)48-33(22-46-37)16-31-9-5-7-11-39(31)48/h13,21,28-39,46,54H,1,4-12,14-20,22-25H2,2-3H3/t28?,29-,30?,31-,32+,33+,34+,35?,36?,37?,38+,39?/m1/s1. The molecule has 1 N–H and O–H groups in total. The van der Waals surface area contributed by atoms with Crippen molar-refractivity contribution < 1.29 is 23.7 Å². The second kappa shape index (κ2) is 15.7. The summed E-state index contributed by atoms with van der Waals surface area (Å²) in [5, 5.41) is 3.83. The monoisotopic (exact) mass is 760 g/mol. The molecule has 4 heterocycles. The third kappa shape index (κ3) is 6.91. The predicted octanol–water partition coefficient (Wildman–Crippen LogP) is 7.17. The maximum Gasteiger partial charge on any atom is 0.228 e. The topological polar surface area (TPSA) is 84.9 Å². The third-order valence-electron chi connectivity index (χ3n) is 15.2. The highest BCUT2D eigenvalue weighted by Gasteiger charge is 2.51. The van der Waals surface area contributed by atoms with Gasteiger partial charge in [0.15, 0.2) is 0 Å². The highest BCUT2D eigenvalue weighted by atomic mass is 32.1. The Bertz CT molecular complexity index is 1570. The minimum Gasteiger partial charge on any atom is -0.498 e. The lowest BCUT2D eigenvalue weighted by Crippen LogP contribution is -2.48. The average molecular weight is 761 g/mol. The van der Waals surface area contributed by atoms with E-state index in [1.807, 2.05) is 0 Å². The number of amides is 1. The zero-order chi connectivity index (χ0) is 36.9. The van der Waals surface area contributed by atoms with Gasteiger partial charge in [-0.2, -0.15) is 12.6 Å². The normalized spacial score (nSPS) is 40.4. The molecule has 54 heavy (non-hydrogen) atoms. The lowest BCUT2D eigenvalue weighted by atomic mass is 9.82. The number of carbonyl (C=O) groups excluding carboxylic acids is 1. The lowest BCUT2D eigenvalue weighted by molar-refractivity contribution is -0.139. The van der Waals surface area contributed by atoms with Crippen molar-refractivity contribution in [1.29, 1.82) is 0 Å². The van der Waals surface area contributed by atoms with E-state index in [0.717, 1.165) is 73.4 Å². The first-order valence-corrected chi connectivity index (χ1v) is 22.2. The molecular formula is C44H64N4O5S. The van der Waals surface area contributed by atoms with Crippen molar-refractivity contribution in [2.45, 2.75) is 139 Å². The van der Waals surface area contributed by atoms with E-state index in [1.54, 1.807) is 14.2 Å².